The quantitative estimate of drug-likeness (QED) is 0.830. The summed E-state index contributed by atoms with van der Waals surface area (Å²) in [6, 6.07) is 8.19. The minimum atomic E-state index is -0.779. The topological polar surface area (TPSA) is 49.3 Å². The van der Waals surface area contributed by atoms with Crippen LogP contribution in [0.4, 0.5) is 0 Å². The summed E-state index contributed by atoms with van der Waals surface area (Å²) in [6.07, 6.45) is 2.70. The van der Waals surface area contributed by atoms with Crippen molar-refractivity contribution >= 4 is 5.91 Å². The van der Waals surface area contributed by atoms with Gasteiger partial charge in [0.15, 0.2) is 0 Å². The number of hydrogen-bond donors (Lipinski definition) is 2. The molecule has 2 rings (SSSR count). The smallest absolute Gasteiger partial charge is 0.219 e. The van der Waals surface area contributed by atoms with Crippen molar-refractivity contribution in [3.8, 4) is 0 Å². The number of carbonyl (C=O) groups excluding carboxylic acids is 1. The number of aryl methyl sites for hydroxylation is 1. The van der Waals surface area contributed by atoms with Crippen LogP contribution in [-0.2, 0) is 17.6 Å². The summed E-state index contributed by atoms with van der Waals surface area (Å²) in [5.74, 6) is -0.00252. The highest BCUT2D eigenvalue weighted by Crippen LogP contribution is 2.28. The van der Waals surface area contributed by atoms with Crippen LogP contribution in [0.3, 0.4) is 0 Å². The monoisotopic (exact) mass is 233 g/mol. The Morgan fingerprint density at radius 3 is 2.82 bits per heavy atom. The molecule has 0 spiro atoms. The number of aliphatic hydroxyl groups is 1. The van der Waals surface area contributed by atoms with Crippen LogP contribution < -0.4 is 5.32 Å². The van der Waals surface area contributed by atoms with Crippen LogP contribution in [0.15, 0.2) is 24.3 Å². The van der Waals surface area contributed by atoms with Crippen LogP contribution in [0.1, 0.15) is 30.9 Å². The zero-order chi connectivity index (χ0) is 12.3. The Morgan fingerprint density at radius 1 is 1.41 bits per heavy atom. The first-order valence-corrected chi connectivity index (χ1v) is 6.19. The van der Waals surface area contributed by atoms with E-state index in [2.05, 4.69) is 17.4 Å². The fraction of sp³-hybridized carbons (Fsp3) is 0.500. The first-order valence-electron chi connectivity index (χ1n) is 6.19. The van der Waals surface area contributed by atoms with E-state index < -0.39 is 5.60 Å². The number of carbonyl (C=O) groups is 1. The van der Waals surface area contributed by atoms with E-state index in [9.17, 15) is 9.90 Å². The Hall–Kier alpha value is -1.35. The van der Waals surface area contributed by atoms with Gasteiger partial charge in [0.2, 0.25) is 5.91 Å². The molecule has 1 unspecified atom stereocenters. The maximum atomic E-state index is 11.2. The summed E-state index contributed by atoms with van der Waals surface area (Å²) < 4.78 is 0. The molecule has 1 aliphatic carbocycles. The number of amides is 1. The molecular formula is C14H19NO2. The predicted octanol–water partition coefficient (Wildman–Crippen LogP) is 1.43. The average molecular weight is 233 g/mol. The van der Waals surface area contributed by atoms with Gasteiger partial charge in [-0.15, -0.1) is 0 Å². The van der Waals surface area contributed by atoms with E-state index in [1.54, 1.807) is 0 Å². The normalized spacial score (nSPS) is 22.9. The predicted molar refractivity (Wildman–Crippen MR) is 66.7 cm³/mol. The van der Waals surface area contributed by atoms with E-state index in [-0.39, 0.29) is 5.91 Å². The highest BCUT2D eigenvalue weighted by Gasteiger charge is 2.31. The molecule has 17 heavy (non-hydrogen) atoms. The maximum Gasteiger partial charge on any atom is 0.219 e. The Bertz CT molecular complexity index is 416. The highest BCUT2D eigenvalue weighted by atomic mass is 16.3. The lowest BCUT2D eigenvalue weighted by Gasteiger charge is -2.33. The van der Waals surface area contributed by atoms with Crippen molar-refractivity contribution in [1.29, 1.82) is 0 Å². The van der Waals surface area contributed by atoms with Gasteiger partial charge in [-0.05, 0) is 24.0 Å². The summed E-state index contributed by atoms with van der Waals surface area (Å²) in [7, 11) is 0. The number of benzene rings is 1. The lowest BCUT2D eigenvalue weighted by atomic mass is 9.80. The van der Waals surface area contributed by atoms with Crippen molar-refractivity contribution in [2.24, 2.45) is 0 Å². The van der Waals surface area contributed by atoms with E-state index in [0.717, 1.165) is 6.42 Å². The molecular weight excluding hydrogens is 214 g/mol. The van der Waals surface area contributed by atoms with Gasteiger partial charge in [0.05, 0.1) is 5.60 Å². The second-order valence-electron chi connectivity index (χ2n) is 4.80. The zero-order valence-electron chi connectivity index (χ0n) is 10.2. The molecule has 2 N–H and O–H groups in total. The van der Waals surface area contributed by atoms with Crippen LogP contribution in [0, 0.1) is 0 Å². The van der Waals surface area contributed by atoms with Gasteiger partial charge < -0.3 is 10.4 Å². The largest absolute Gasteiger partial charge is 0.388 e. The molecule has 3 heteroatoms. The van der Waals surface area contributed by atoms with Crippen molar-refractivity contribution < 1.29 is 9.90 Å². The fourth-order valence-electron chi connectivity index (χ4n) is 2.32. The molecule has 1 atom stereocenters. The summed E-state index contributed by atoms with van der Waals surface area (Å²) >= 11 is 0. The van der Waals surface area contributed by atoms with Gasteiger partial charge in [-0.2, -0.15) is 0 Å². The van der Waals surface area contributed by atoms with E-state index in [0.29, 0.717) is 25.8 Å². The molecule has 1 amide bonds. The van der Waals surface area contributed by atoms with Crippen LogP contribution in [-0.4, -0.2) is 23.2 Å². The van der Waals surface area contributed by atoms with E-state index in [1.807, 2.05) is 19.1 Å². The van der Waals surface area contributed by atoms with Crippen molar-refractivity contribution in [1.82, 2.24) is 5.32 Å². The minimum Gasteiger partial charge on any atom is -0.388 e. The lowest BCUT2D eigenvalue weighted by Crippen LogP contribution is -2.46. The minimum absolute atomic E-state index is 0.00252. The van der Waals surface area contributed by atoms with Crippen LogP contribution in [0.2, 0.25) is 0 Å². The third kappa shape index (κ3) is 2.86. The molecule has 0 bridgehead atoms. The molecule has 0 saturated carbocycles. The molecule has 92 valence electrons. The van der Waals surface area contributed by atoms with Crippen LogP contribution >= 0.6 is 0 Å². The second kappa shape index (κ2) is 4.88. The molecule has 1 aromatic rings. The Balaban J connectivity index is 2.02. The van der Waals surface area contributed by atoms with E-state index in [4.69, 9.17) is 0 Å². The number of rotatable bonds is 3. The Kier molecular flexibility index (Phi) is 3.48. The number of nitrogens with one attached hydrogen (secondary N) is 1. The third-order valence-electron chi connectivity index (χ3n) is 3.43. The van der Waals surface area contributed by atoms with Crippen molar-refractivity contribution in [2.75, 3.05) is 6.54 Å². The average Bonchev–Trinajstić information content (AvgIpc) is 2.36. The zero-order valence-corrected chi connectivity index (χ0v) is 10.2. The van der Waals surface area contributed by atoms with E-state index >= 15 is 0 Å². The van der Waals surface area contributed by atoms with Crippen LogP contribution in [0.25, 0.3) is 0 Å². The third-order valence-corrected chi connectivity index (χ3v) is 3.43. The first kappa shape index (κ1) is 12.1. The van der Waals surface area contributed by atoms with Crippen molar-refractivity contribution in [2.45, 2.75) is 38.2 Å². The Morgan fingerprint density at radius 2 is 2.12 bits per heavy atom. The number of fused-ring (bicyclic) bond motifs is 1. The molecule has 1 aromatic carbocycles. The molecule has 1 aliphatic rings. The lowest BCUT2D eigenvalue weighted by molar-refractivity contribution is -0.122. The SMILES string of the molecule is CCC(=O)NCC1(O)CCc2ccccc2C1. The van der Waals surface area contributed by atoms with Gasteiger partial charge in [0, 0.05) is 19.4 Å². The van der Waals surface area contributed by atoms with Crippen molar-refractivity contribution in [3.05, 3.63) is 35.4 Å². The van der Waals surface area contributed by atoms with E-state index in [1.165, 1.54) is 11.1 Å². The van der Waals surface area contributed by atoms with Crippen LogP contribution in [0.5, 0.6) is 0 Å². The molecule has 0 heterocycles. The summed E-state index contributed by atoms with van der Waals surface area (Å²) in [5.41, 5.74) is 1.74. The molecule has 0 aromatic heterocycles. The molecule has 0 fully saturated rings. The van der Waals surface area contributed by atoms with Gasteiger partial charge >= 0.3 is 0 Å². The Labute approximate surface area is 102 Å². The molecule has 0 aliphatic heterocycles. The fourth-order valence-corrected chi connectivity index (χ4v) is 2.32. The van der Waals surface area contributed by atoms with Gasteiger partial charge in [-0.3, -0.25) is 4.79 Å². The maximum absolute atomic E-state index is 11.2. The number of hydrogen-bond acceptors (Lipinski definition) is 2. The standard InChI is InChI=1S/C14H19NO2/c1-2-13(16)15-10-14(17)8-7-11-5-3-4-6-12(11)9-14/h3-6,17H,2,7-10H2,1H3,(H,15,16). The summed E-state index contributed by atoms with van der Waals surface area (Å²) in [5, 5.41) is 13.2. The highest BCUT2D eigenvalue weighted by molar-refractivity contribution is 5.75. The first-order chi connectivity index (χ1) is 8.13. The summed E-state index contributed by atoms with van der Waals surface area (Å²) in [6.45, 7) is 2.17. The second-order valence-corrected chi connectivity index (χ2v) is 4.80. The van der Waals surface area contributed by atoms with Gasteiger partial charge in [-0.25, -0.2) is 0 Å². The van der Waals surface area contributed by atoms with Crippen molar-refractivity contribution in [3.63, 3.8) is 0 Å². The summed E-state index contributed by atoms with van der Waals surface area (Å²) in [4.78, 5) is 11.2. The van der Waals surface area contributed by atoms with Gasteiger partial charge in [0.25, 0.3) is 0 Å². The molecule has 3 nitrogen and oxygen atoms in total. The van der Waals surface area contributed by atoms with Gasteiger partial charge in [0.1, 0.15) is 0 Å². The molecule has 0 radical (unpaired) electrons. The van der Waals surface area contributed by atoms with Gasteiger partial charge in [-0.1, -0.05) is 31.2 Å². The molecule has 0 saturated heterocycles.